The molecule has 1 aliphatic rings. The van der Waals surface area contributed by atoms with Crippen LogP contribution in [0.2, 0.25) is 10.0 Å². The first kappa shape index (κ1) is 17.0. The first-order valence-corrected chi connectivity index (χ1v) is 8.63. The fourth-order valence-electron chi connectivity index (χ4n) is 2.60. The zero-order valence-corrected chi connectivity index (χ0v) is 14.8. The second kappa shape index (κ2) is 7.36. The Hall–Kier alpha value is -1.85. The van der Waals surface area contributed by atoms with Gasteiger partial charge in [-0.3, -0.25) is 4.79 Å². The van der Waals surface area contributed by atoms with Crippen molar-refractivity contribution in [2.75, 3.05) is 23.3 Å². The van der Waals surface area contributed by atoms with E-state index in [4.69, 9.17) is 23.2 Å². The quantitative estimate of drug-likeness (QED) is 0.883. The van der Waals surface area contributed by atoms with E-state index in [1.807, 2.05) is 0 Å². The van der Waals surface area contributed by atoms with Gasteiger partial charge in [-0.15, -0.1) is 0 Å². The van der Waals surface area contributed by atoms with Gasteiger partial charge in [0, 0.05) is 25.0 Å². The molecule has 1 aromatic carbocycles. The van der Waals surface area contributed by atoms with Gasteiger partial charge in [-0.25, -0.2) is 9.97 Å². The molecule has 0 aliphatic carbocycles. The van der Waals surface area contributed by atoms with Crippen molar-refractivity contribution in [3.63, 3.8) is 0 Å². The van der Waals surface area contributed by atoms with Gasteiger partial charge in [0.2, 0.25) is 5.95 Å². The maximum Gasteiger partial charge on any atom is 0.274 e. The van der Waals surface area contributed by atoms with Crippen molar-refractivity contribution in [2.24, 2.45) is 5.92 Å². The summed E-state index contributed by atoms with van der Waals surface area (Å²) in [5.74, 6) is 1.02. The molecule has 0 unspecified atom stereocenters. The Kier molecular flexibility index (Phi) is 5.21. The molecule has 1 aromatic heterocycles. The van der Waals surface area contributed by atoms with E-state index >= 15 is 0 Å². The molecule has 0 bridgehead atoms. The zero-order valence-electron chi connectivity index (χ0n) is 13.3. The number of amides is 1. The number of hydrogen-bond donors (Lipinski definition) is 1. The standard InChI is InChI=1S/C17H18Cl2N4O/c1-11-5-8-23(9-6-11)17-20-7-4-15(22-17)16(24)21-12-2-3-13(18)14(19)10-12/h2-4,7,10-11H,5-6,8-9H2,1H3,(H,21,24). The van der Waals surface area contributed by atoms with Crippen LogP contribution in [0, 0.1) is 5.92 Å². The Morgan fingerprint density at radius 2 is 1.96 bits per heavy atom. The van der Waals surface area contributed by atoms with Crippen molar-refractivity contribution in [2.45, 2.75) is 19.8 Å². The third-order valence-corrected chi connectivity index (χ3v) is 4.86. The molecule has 0 atom stereocenters. The first-order valence-electron chi connectivity index (χ1n) is 7.87. The lowest BCUT2D eigenvalue weighted by atomic mass is 10.00. The normalized spacial score (nSPS) is 15.4. The molecule has 24 heavy (non-hydrogen) atoms. The molecule has 3 rings (SSSR count). The molecule has 5 nitrogen and oxygen atoms in total. The Balaban J connectivity index is 1.73. The van der Waals surface area contributed by atoms with Crippen LogP contribution < -0.4 is 10.2 Å². The number of rotatable bonds is 3. The molecule has 0 radical (unpaired) electrons. The molecule has 7 heteroatoms. The largest absolute Gasteiger partial charge is 0.341 e. The number of halogens is 2. The fraction of sp³-hybridized carbons (Fsp3) is 0.353. The lowest BCUT2D eigenvalue weighted by Crippen LogP contribution is -2.34. The predicted molar refractivity (Wildman–Crippen MR) is 97.1 cm³/mol. The Morgan fingerprint density at radius 3 is 2.67 bits per heavy atom. The number of hydrogen-bond acceptors (Lipinski definition) is 4. The maximum absolute atomic E-state index is 12.4. The number of nitrogens with one attached hydrogen (secondary N) is 1. The lowest BCUT2D eigenvalue weighted by Gasteiger charge is -2.30. The van der Waals surface area contributed by atoms with Gasteiger partial charge in [-0.2, -0.15) is 0 Å². The van der Waals surface area contributed by atoms with E-state index < -0.39 is 0 Å². The minimum absolute atomic E-state index is 0.303. The summed E-state index contributed by atoms with van der Waals surface area (Å²) in [5, 5.41) is 3.60. The first-order chi connectivity index (χ1) is 11.5. The summed E-state index contributed by atoms with van der Waals surface area (Å²) in [6.07, 6.45) is 3.84. The number of piperidine rings is 1. The molecule has 1 amide bonds. The van der Waals surface area contributed by atoms with Crippen molar-refractivity contribution in [1.29, 1.82) is 0 Å². The van der Waals surface area contributed by atoms with Crippen LogP contribution in [0.3, 0.4) is 0 Å². The zero-order chi connectivity index (χ0) is 17.1. The van der Waals surface area contributed by atoms with E-state index in [-0.39, 0.29) is 5.91 Å². The van der Waals surface area contributed by atoms with Crippen LogP contribution in [-0.4, -0.2) is 29.0 Å². The summed E-state index contributed by atoms with van der Waals surface area (Å²) in [6, 6.07) is 6.54. The molecular formula is C17H18Cl2N4O. The van der Waals surface area contributed by atoms with Gasteiger partial charge in [-0.05, 0) is 43.0 Å². The number of aromatic nitrogens is 2. The number of benzene rings is 1. The summed E-state index contributed by atoms with van der Waals surface area (Å²) in [6.45, 7) is 4.08. The smallest absolute Gasteiger partial charge is 0.274 e. The number of carbonyl (C=O) groups is 1. The Bertz CT molecular complexity index is 745. The van der Waals surface area contributed by atoms with Gasteiger partial charge < -0.3 is 10.2 Å². The minimum Gasteiger partial charge on any atom is -0.341 e. The van der Waals surface area contributed by atoms with Crippen molar-refractivity contribution >= 4 is 40.7 Å². The third kappa shape index (κ3) is 3.97. The van der Waals surface area contributed by atoms with E-state index in [0.29, 0.717) is 27.4 Å². The highest BCUT2D eigenvalue weighted by atomic mass is 35.5. The molecule has 1 saturated heterocycles. The highest BCUT2D eigenvalue weighted by molar-refractivity contribution is 6.42. The molecular weight excluding hydrogens is 347 g/mol. The topological polar surface area (TPSA) is 58.1 Å². The van der Waals surface area contributed by atoms with E-state index in [2.05, 4.69) is 27.1 Å². The molecule has 1 N–H and O–H groups in total. The molecule has 2 heterocycles. The lowest BCUT2D eigenvalue weighted by molar-refractivity contribution is 0.102. The van der Waals surface area contributed by atoms with Gasteiger partial charge in [0.05, 0.1) is 10.0 Å². The van der Waals surface area contributed by atoms with Crippen LogP contribution in [0.5, 0.6) is 0 Å². The van der Waals surface area contributed by atoms with E-state index in [1.165, 1.54) is 0 Å². The molecule has 0 saturated carbocycles. The minimum atomic E-state index is -0.303. The van der Waals surface area contributed by atoms with E-state index in [9.17, 15) is 4.79 Å². The Labute approximate surface area is 151 Å². The predicted octanol–water partition coefficient (Wildman–Crippen LogP) is 4.27. The van der Waals surface area contributed by atoms with Gasteiger partial charge in [0.1, 0.15) is 5.69 Å². The van der Waals surface area contributed by atoms with Crippen molar-refractivity contribution in [1.82, 2.24) is 9.97 Å². The summed E-state index contributed by atoms with van der Waals surface area (Å²) in [5.41, 5.74) is 0.894. The average Bonchev–Trinajstić information content (AvgIpc) is 2.59. The van der Waals surface area contributed by atoms with Crippen molar-refractivity contribution in [3.05, 3.63) is 46.2 Å². The monoisotopic (exact) mass is 364 g/mol. The summed E-state index contributed by atoms with van der Waals surface area (Å²) in [4.78, 5) is 23.2. The SMILES string of the molecule is CC1CCN(c2nccc(C(=O)Nc3ccc(Cl)c(Cl)c3)n2)CC1. The number of anilines is 2. The number of nitrogens with zero attached hydrogens (tertiary/aromatic N) is 3. The molecule has 1 aliphatic heterocycles. The molecule has 1 fully saturated rings. The van der Waals surface area contributed by atoms with Crippen LogP contribution >= 0.6 is 23.2 Å². The van der Waals surface area contributed by atoms with Gasteiger partial charge in [0.15, 0.2) is 0 Å². The molecule has 0 spiro atoms. The van der Waals surface area contributed by atoms with Crippen molar-refractivity contribution < 1.29 is 4.79 Å². The van der Waals surface area contributed by atoms with Crippen LogP contribution in [0.15, 0.2) is 30.5 Å². The molecule has 2 aromatic rings. The van der Waals surface area contributed by atoms with Crippen LogP contribution in [0.25, 0.3) is 0 Å². The molecule has 126 valence electrons. The maximum atomic E-state index is 12.4. The highest BCUT2D eigenvalue weighted by Gasteiger charge is 2.19. The fourth-order valence-corrected chi connectivity index (χ4v) is 2.90. The average molecular weight is 365 g/mol. The van der Waals surface area contributed by atoms with Gasteiger partial charge in [0.25, 0.3) is 5.91 Å². The third-order valence-electron chi connectivity index (χ3n) is 4.12. The Morgan fingerprint density at radius 1 is 1.21 bits per heavy atom. The van der Waals surface area contributed by atoms with E-state index in [0.717, 1.165) is 31.8 Å². The van der Waals surface area contributed by atoms with Crippen molar-refractivity contribution in [3.8, 4) is 0 Å². The second-order valence-electron chi connectivity index (χ2n) is 5.99. The van der Waals surface area contributed by atoms with Crippen LogP contribution in [0.4, 0.5) is 11.6 Å². The summed E-state index contributed by atoms with van der Waals surface area (Å²) >= 11 is 11.8. The second-order valence-corrected chi connectivity index (χ2v) is 6.81. The summed E-state index contributed by atoms with van der Waals surface area (Å²) in [7, 11) is 0. The van der Waals surface area contributed by atoms with Gasteiger partial charge in [-0.1, -0.05) is 30.1 Å². The van der Waals surface area contributed by atoms with Crippen LogP contribution in [0.1, 0.15) is 30.3 Å². The van der Waals surface area contributed by atoms with Gasteiger partial charge >= 0.3 is 0 Å². The van der Waals surface area contributed by atoms with Crippen LogP contribution in [-0.2, 0) is 0 Å². The van der Waals surface area contributed by atoms with E-state index in [1.54, 1.807) is 30.5 Å². The highest BCUT2D eigenvalue weighted by Crippen LogP contribution is 2.25. The summed E-state index contributed by atoms with van der Waals surface area (Å²) < 4.78 is 0. The number of carbonyl (C=O) groups excluding carboxylic acids is 1.